The van der Waals surface area contributed by atoms with Crippen molar-refractivity contribution in [1.82, 2.24) is 4.98 Å². The van der Waals surface area contributed by atoms with Crippen molar-refractivity contribution in [1.29, 1.82) is 0 Å². The van der Waals surface area contributed by atoms with Crippen molar-refractivity contribution in [2.45, 2.75) is 6.92 Å². The van der Waals surface area contributed by atoms with E-state index in [1.54, 1.807) is 26.2 Å². The van der Waals surface area contributed by atoms with Crippen molar-refractivity contribution in [3.8, 4) is 5.75 Å². The molecule has 84 valence electrons. The third-order valence-electron chi connectivity index (χ3n) is 2.32. The van der Waals surface area contributed by atoms with Gasteiger partial charge in [-0.1, -0.05) is 34.8 Å². The fourth-order valence-corrected chi connectivity index (χ4v) is 2.18. The van der Waals surface area contributed by atoms with Gasteiger partial charge in [-0.05, 0) is 19.1 Å². The first-order valence-corrected chi connectivity index (χ1v) is 5.67. The summed E-state index contributed by atoms with van der Waals surface area (Å²) in [4.78, 5) is 4.32. The van der Waals surface area contributed by atoms with Crippen molar-refractivity contribution in [2.75, 3.05) is 7.11 Å². The number of aryl methyl sites for hydroxylation is 1. The molecule has 1 aromatic heterocycles. The van der Waals surface area contributed by atoms with Gasteiger partial charge in [0.25, 0.3) is 0 Å². The first-order chi connectivity index (χ1) is 7.56. The number of pyridine rings is 1. The van der Waals surface area contributed by atoms with Gasteiger partial charge in [0.15, 0.2) is 0 Å². The molecule has 0 spiro atoms. The van der Waals surface area contributed by atoms with E-state index in [1.807, 2.05) is 0 Å². The van der Waals surface area contributed by atoms with E-state index in [2.05, 4.69) is 4.98 Å². The van der Waals surface area contributed by atoms with E-state index in [4.69, 9.17) is 39.5 Å². The topological polar surface area (TPSA) is 22.1 Å². The SMILES string of the molecule is COc1ccc(Cl)c2nc(C)c(Cl)c(Cl)c12. The van der Waals surface area contributed by atoms with Gasteiger partial charge in [0, 0.05) is 0 Å². The van der Waals surface area contributed by atoms with E-state index in [-0.39, 0.29) is 0 Å². The molecule has 0 aliphatic rings. The van der Waals surface area contributed by atoms with Gasteiger partial charge >= 0.3 is 0 Å². The van der Waals surface area contributed by atoms with Gasteiger partial charge in [0.1, 0.15) is 5.75 Å². The minimum Gasteiger partial charge on any atom is -0.496 e. The van der Waals surface area contributed by atoms with Crippen molar-refractivity contribution < 1.29 is 4.74 Å². The molecule has 0 saturated carbocycles. The average Bonchev–Trinajstić information content (AvgIpc) is 2.27. The van der Waals surface area contributed by atoms with Crippen molar-refractivity contribution in [3.63, 3.8) is 0 Å². The third kappa shape index (κ3) is 1.71. The first kappa shape index (κ1) is 11.8. The fourth-order valence-electron chi connectivity index (χ4n) is 1.52. The minimum atomic E-state index is 0.420. The van der Waals surface area contributed by atoms with Crippen LogP contribution in [-0.4, -0.2) is 12.1 Å². The predicted molar refractivity (Wildman–Crippen MR) is 68.1 cm³/mol. The average molecular weight is 277 g/mol. The Hall–Kier alpha value is -0.700. The Morgan fingerprint density at radius 3 is 2.44 bits per heavy atom. The summed E-state index contributed by atoms with van der Waals surface area (Å²) in [7, 11) is 1.56. The highest BCUT2D eigenvalue weighted by atomic mass is 35.5. The molecule has 0 fully saturated rings. The molecule has 0 unspecified atom stereocenters. The Morgan fingerprint density at radius 2 is 1.81 bits per heavy atom. The van der Waals surface area contributed by atoms with E-state index in [0.29, 0.717) is 37.4 Å². The second-order valence-corrected chi connectivity index (χ2v) is 4.46. The molecule has 0 atom stereocenters. The Balaban J connectivity index is 2.99. The minimum absolute atomic E-state index is 0.420. The van der Waals surface area contributed by atoms with Crippen molar-refractivity contribution in [3.05, 3.63) is 32.9 Å². The lowest BCUT2D eigenvalue weighted by Crippen LogP contribution is -1.92. The maximum atomic E-state index is 6.18. The summed E-state index contributed by atoms with van der Waals surface area (Å²) in [6.45, 7) is 1.78. The maximum absolute atomic E-state index is 6.18. The van der Waals surface area contributed by atoms with Gasteiger partial charge in [-0.25, -0.2) is 4.98 Å². The Morgan fingerprint density at radius 1 is 1.12 bits per heavy atom. The quantitative estimate of drug-likeness (QED) is 0.764. The van der Waals surface area contributed by atoms with Crippen LogP contribution in [0.1, 0.15) is 5.69 Å². The first-order valence-electron chi connectivity index (χ1n) is 4.54. The molecule has 2 nitrogen and oxygen atoms in total. The number of hydrogen-bond donors (Lipinski definition) is 0. The van der Waals surface area contributed by atoms with Crippen LogP contribution in [0.5, 0.6) is 5.75 Å². The Bertz CT molecular complexity index is 569. The molecule has 1 heterocycles. The lowest BCUT2D eigenvalue weighted by Gasteiger charge is -2.10. The molecular weight excluding hydrogens is 268 g/mol. The summed E-state index contributed by atoms with van der Waals surface area (Å²) < 4.78 is 5.22. The van der Waals surface area contributed by atoms with Gasteiger partial charge in [-0.2, -0.15) is 0 Å². The van der Waals surface area contributed by atoms with Crippen LogP contribution in [0.2, 0.25) is 15.1 Å². The molecule has 0 N–H and O–H groups in total. The Kier molecular flexibility index (Phi) is 3.15. The predicted octanol–water partition coefficient (Wildman–Crippen LogP) is 4.51. The lowest BCUT2D eigenvalue weighted by molar-refractivity contribution is 0.420. The summed E-state index contributed by atoms with van der Waals surface area (Å²) in [6, 6.07) is 3.46. The zero-order valence-corrected chi connectivity index (χ0v) is 10.9. The van der Waals surface area contributed by atoms with Crippen LogP contribution in [0.15, 0.2) is 12.1 Å². The summed E-state index contributed by atoms with van der Waals surface area (Å²) in [5.74, 6) is 0.610. The standard InChI is InChI=1S/C11H8Cl3NO/c1-5-9(13)10(14)8-7(16-2)4-3-6(12)11(8)15-5/h3-4H,1-2H3. The van der Waals surface area contributed by atoms with Gasteiger partial charge < -0.3 is 4.74 Å². The van der Waals surface area contributed by atoms with Gasteiger partial charge in [0.2, 0.25) is 0 Å². The monoisotopic (exact) mass is 275 g/mol. The molecular formula is C11H8Cl3NO. The highest BCUT2D eigenvalue weighted by molar-refractivity contribution is 6.46. The molecule has 0 amide bonds. The molecule has 1 aromatic carbocycles. The van der Waals surface area contributed by atoms with Gasteiger partial charge in [-0.15, -0.1) is 0 Å². The van der Waals surface area contributed by atoms with Crippen LogP contribution in [0.3, 0.4) is 0 Å². The highest BCUT2D eigenvalue weighted by Gasteiger charge is 2.15. The van der Waals surface area contributed by atoms with Gasteiger partial charge in [0.05, 0.1) is 38.8 Å². The van der Waals surface area contributed by atoms with Crippen LogP contribution in [-0.2, 0) is 0 Å². The van der Waals surface area contributed by atoms with Crippen molar-refractivity contribution >= 4 is 45.7 Å². The second-order valence-electron chi connectivity index (χ2n) is 3.30. The van der Waals surface area contributed by atoms with E-state index < -0.39 is 0 Å². The summed E-state index contributed by atoms with van der Waals surface area (Å²) in [6.07, 6.45) is 0. The number of fused-ring (bicyclic) bond motifs is 1. The number of aromatic nitrogens is 1. The van der Waals surface area contributed by atoms with Crippen LogP contribution < -0.4 is 4.74 Å². The fraction of sp³-hybridized carbons (Fsp3) is 0.182. The number of hydrogen-bond acceptors (Lipinski definition) is 2. The largest absolute Gasteiger partial charge is 0.496 e. The van der Waals surface area contributed by atoms with Crippen LogP contribution in [0.4, 0.5) is 0 Å². The number of halogens is 3. The van der Waals surface area contributed by atoms with E-state index >= 15 is 0 Å². The zero-order chi connectivity index (χ0) is 11.9. The molecule has 0 radical (unpaired) electrons. The normalized spacial score (nSPS) is 10.8. The molecule has 0 bridgehead atoms. The second kappa shape index (κ2) is 4.28. The van der Waals surface area contributed by atoms with E-state index in [1.165, 1.54) is 0 Å². The van der Waals surface area contributed by atoms with Crippen LogP contribution in [0.25, 0.3) is 10.9 Å². The molecule has 0 saturated heterocycles. The maximum Gasteiger partial charge on any atom is 0.129 e. The Labute approximate surface area is 108 Å². The molecule has 0 aliphatic heterocycles. The molecule has 0 aliphatic carbocycles. The smallest absolute Gasteiger partial charge is 0.129 e. The molecule has 5 heteroatoms. The number of ether oxygens (including phenoxy) is 1. The van der Waals surface area contributed by atoms with Crippen LogP contribution in [0, 0.1) is 6.92 Å². The highest BCUT2D eigenvalue weighted by Crippen LogP contribution is 2.39. The summed E-state index contributed by atoms with van der Waals surface area (Å²) in [5.41, 5.74) is 1.25. The number of methoxy groups -OCH3 is 1. The summed E-state index contributed by atoms with van der Waals surface area (Å²) >= 11 is 18.3. The lowest BCUT2D eigenvalue weighted by atomic mass is 10.2. The molecule has 2 rings (SSSR count). The number of nitrogens with zero attached hydrogens (tertiary/aromatic N) is 1. The van der Waals surface area contributed by atoms with E-state index in [0.717, 1.165) is 0 Å². The summed E-state index contributed by atoms with van der Waals surface area (Å²) in [5, 5.41) is 2.02. The van der Waals surface area contributed by atoms with E-state index in [9.17, 15) is 0 Å². The number of rotatable bonds is 1. The molecule has 2 aromatic rings. The van der Waals surface area contributed by atoms with Crippen LogP contribution >= 0.6 is 34.8 Å². The zero-order valence-electron chi connectivity index (χ0n) is 8.64. The van der Waals surface area contributed by atoms with Gasteiger partial charge in [-0.3, -0.25) is 0 Å². The van der Waals surface area contributed by atoms with Crippen molar-refractivity contribution in [2.24, 2.45) is 0 Å². The number of benzene rings is 1. The third-order valence-corrected chi connectivity index (χ3v) is 3.56. The molecule has 16 heavy (non-hydrogen) atoms.